The van der Waals surface area contributed by atoms with Crippen LogP contribution in [-0.4, -0.2) is 49.0 Å². The van der Waals surface area contributed by atoms with Crippen molar-refractivity contribution in [3.63, 3.8) is 0 Å². The molecule has 2 aliphatic heterocycles. The van der Waals surface area contributed by atoms with Gasteiger partial charge in [0.25, 0.3) is 0 Å². The first-order valence-electron chi connectivity index (χ1n) is 10.4. The van der Waals surface area contributed by atoms with Crippen LogP contribution < -0.4 is 4.74 Å². The largest absolute Gasteiger partial charge is 0.497 e. The number of nitrogens with zero attached hydrogens (tertiary/aromatic N) is 2. The molecule has 4 rings (SSSR count). The minimum absolute atomic E-state index is 0.227. The van der Waals surface area contributed by atoms with Gasteiger partial charge in [0.15, 0.2) is 0 Å². The molecule has 3 aliphatic rings. The number of benzene rings is 1. The molecule has 0 N–H and O–H groups in total. The Labute approximate surface area is 161 Å². The molecular weight excluding hydrogens is 343 g/mol. The molecule has 1 aromatic carbocycles. The van der Waals surface area contributed by atoms with Gasteiger partial charge < -0.3 is 14.5 Å². The highest BCUT2D eigenvalue weighted by Crippen LogP contribution is 2.41. The summed E-state index contributed by atoms with van der Waals surface area (Å²) in [5.41, 5.74) is 0.298. The van der Waals surface area contributed by atoms with Crippen LogP contribution in [0, 0.1) is 17.2 Å². The van der Waals surface area contributed by atoms with Crippen LogP contribution in [0.25, 0.3) is 0 Å². The topological polar surface area (TPSA) is 32.8 Å². The van der Waals surface area contributed by atoms with Crippen LogP contribution in [0.2, 0.25) is 0 Å². The molecule has 0 bridgehead atoms. The normalized spacial score (nSPS) is 27.0. The SMILES string of the molecule is COc1ccc(F)c(CN2CCCC3(CCN(CC4CCCC4)C3)C2=O)c1. The van der Waals surface area contributed by atoms with E-state index in [1.54, 1.807) is 19.2 Å². The fourth-order valence-electron chi connectivity index (χ4n) is 5.36. The number of rotatable bonds is 5. The quantitative estimate of drug-likeness (QED) is 0.785. The lowest BCUT2D eigenvalue weighted by Crippen LogP contribution is -2.49. The van der Waals surface area contributed by atoms with Crippen molar-refractivity contribution in [3.05, 3.63) is 29.6 Å². The van der Waals surface area contributed by atoms with Crippen molar-refractivity contribution in [1.29, 1.82) is 0 Å². The van der Waals surface area contributed by atoms with Crippen molar-refractivity contribution in [2.75, 3.05) is 33.3 Å². The van der Waals surface area contributed by atoms with E-state index in [2.05, 4.69) is 4.90 Å². The first-order chi connectivity index (χ1) is 13.1. The summed E-state index contributed by atoms with van der Waals surface area (Å²) in [6, 6.07) is 4.76. The highest BCUT2D eigenvalue weighted by molar-refractivity contribution is 5.84. The van der Waals surface area contributed by atoms with E-state index in [0.717, 1.165) is 51.4 Å². The second kappa shape index (κ2) is 7.78. The minimum atomic E-state index is -0.266. The van der Waals surface area contributed by atoms with Gasteiger partial charge in [0.05, 0.1) is 12.5 Å². The average Bonchev–Trinajstić information content (AvgIpc) is 3.32. The van der Waals surface area contributed by atoms with Gasteiger partial charge in [0, 0.05) is 31.7 Å². The first-order valence-corrected chi connectivity index (χ1v) is 10.4. The van der Waals surface area contributed by atoms with E-state index in [-0.39, 0.29) is 17.1 Å². The molecule has 2 heterocycles. The molecule has 1 atom stereocenters. The number of halogens is 1. The van der Waals surface area contributed by atoms with Crippen LogP contribution in [0.1, 0.15) is 50.5 Å². The third-order valence-electron chi connectivity index (χ3n) is 6.86. The Morgan fingerprint density at radius 1 is 1.19 bits per heavy atom. The zero-order valence-electron chi connectivity index (χ0n) is 16.4. The number of amides is 1. The molecule has 2 saturated heterocycles. The third-order valence-corrected chi connectivity index (χ3v) is 6.86. The van der Waals surface area contributed by atoms with Gasteiger partial charge >= 0.3 is 0 Å². The van der Waals surface area contributed by atoms with Gasteiger partial charge in [-0.2, -0.15) is 0 Å². The summed E-state index contributed by atoms with van der Waals surface area (Å²) in [4.78, 5) is 17.7. The molecule has 0 radical (unpaired) electrons. The smallest absolute Gasteiger partial charge is 0.230 e. The molecule has 1 saturated carbocycles. The monoisotopic (exact) mass is 374 g/mol. The molecule has 5 heteroatoms. The summed E-state index contributed by atoms with van der Waals surface area (Å²) in [7, 11) is 1.58. The second-order valence-corrected chi connectivity index (χ2v) is 8.70. The average molecular weight is 375 g/mol. The predicted molar refractivity (Wildman–Crippen MR) is 103 cm³/mol. The van der Waals surface area contributed by atoms with Crippen LogP contribution in [-0.2, 0) is 11.3 Å². The van der Waals surface area contributed by atoms with E-state index in [1.807, 2.05) is 4.90 Å². The maximum Gasteiger partial charge on any atom is 0.230 e. The number of carbonyl (C=O) groups is 1. The van der Waals surface area contributed by atoms with Crippen molar-refractivity contribution in [1.82, 2.24) is 9.80 Å². The fourth-order valence-corrected chi connectivity index (χ4v) is 5.36. The molecule has 1 spiro atoms. The van der Waals surface area contributed by atoms with Gasteiger partial charge in [0.1, 0.15) is 11.6 Å². The summed E-state index contributed by atoms with van der Waals surface area (Å²) in [5, 5.41) is 0. The van der Waals surface area contributed by atoms with Crippen molar-refractivity contribution in [2.24, 2.45) is 11.3 Å². The highest BCUT2D eigenvalue weighted by atomic mass is 19.1. The standard InChI is InChI=1S/C22H31FN2O2/c1-27-19-7-8-20(23)18(13-19)15-25-11-4-9-22(21(25)26)10-12-24(16-22)14-17-5-2-3-6-17/h7-8,13,17H,2-6,9-12,14-16H2,1H3. The van der Waals surface area contributed by atoms with E-state index in [1.165, 1.54) is 31.7 Å². The molecule has 27 heavy (non-hydrogen) atoms. The lowest BCUT2D eigenvalue weighted by Gasteiger charge is -2.39. The number of hydrogen-bond acceptors (Lipinski definition) is 3. The Bertz CT molecular complexity index is 689. The van der Waals surface area contributed by atoms with Crippen LogP contribution in [0.15, 0.2) is 18.2 Å². The number of ether oxygens (including phenoxy) is 1. The molecule has 148 valence electrons. The van der Waals surface area contributed by atoms with Gasteiger partial charge in [-0.05, 0) is 62.8 Å². The van der Waals surface area contributed by atoms with Crippen LogP contribution in [0.5, 0.6) is 5.75 Å². The van der Waals surface area contributed by atoms with Gasteiger partial charge in [-0.3, -0.25) is 4.79 Å². The van der Waals surface area contributed by atoms with Crippen molar-refractivity contribution in [2.45, 2.75) is 51.5 Å². The number of carbonyl (C=O) groups excluding carboxylic acids is 1. The summed E-state index contributed by atoms with van der Waals surface area (Å²) in [5.74, 6) is 1.41. The predicted octanol–water partition coefficient (Wildman–Crippen LogP) is 3.84. The summed E-state index contributed by atoms with van der Waals surface area (Å²) >= 11 is 0. The third kappa shape index (κ3) is 3.84. The molecule has 0 aromatic heterocycles. The van der Waals surface area contributed by atoms with E-state index >= 15 is 0 Å². The molecule has 1 aliphatic carbocycles. The van der Waals surface area contributed by atoms with E-state index in [9.17, 15) is 9.18 Å². The lowest BCUT2D eigenvalue weighted by molar-refractivity contribution is -0.146. The summed E-state index contributed by atoms with van der Waals surface area (Å²) < 4.78 is 19.5. The molecule has 1 amide bonds. The van der Waals surface area contributed by atoms with Crippen LogP contribution in [0.4, 0.5) is 4.39 Å². The maximum absolute atomic E-state index is 14.2. The number of methoxy groups -OCH3 is 1. The van der Waals surface area contributed by atoms with Crippen LogP contribution >= 0.6 is 0 Å². The summed E-state index contributed by atoms with van der Waals surface area (Å²) in [6.07, 6.45) is 8.36. The summed E-state index contributed by atoms with van der Waals surface area (Å²) in [6.45, 7) is 4.13. The molecule has 1 unspecified atom stereocenters. The number of hydrogen-bond donors (Lipinski definition) is 0. The lowest BCUT2D eigenvalue weighted by atomic mass is 9.78. The number of likely N-dealkylation sites (tertiary alicyclic amines) is 2. The molecule has 1 aromatic rings. The molecule has 3 fully saturated rings. The van der Waals surface area contributed by atoms with Crippen molar-refractivity contribution < 1.29 is 13.9 Å². The van der Waals surface area contributed by atoms with Gasteiger partial charge in [-0.1, -0.05) is 12.8 Å². The Kier molecular flexibility index (Phi) is 5.40. The number of piperidine rings is 1. The van der Waals surface area contributed by atoms with Crippen molar-refractivity contribution >= 4 is 5.91 Å². The zero-order chi connectivity index (χ0) is 18.9. The zero-order valence-corrected chi connectivity index (χ0v) is 16.4. The maximum atomic E-state index is 14.2. The van der Waals surface area contributed by atoms with Crippen molar-refractivity contribution in [3.8, 4) is 5.75 Å². The van der Waals surface area contributed by atoms with E-state index < -0.39 is 0 Å². The molecular formula is C22H31FN2O2. The molecule has 4 nitrogen and oxygen atoms in total. The Balaban J connectivity index is 1.43. The first kappa shape index (κ1) is 18.7. The minimum Gasteiger partial charge on any atom is -0.497 e. The van der Waals surface area contributed by atoms with Gasteiger partial charge in [0.2, 0.25) is 5.91 Å². The van der Waals surface area contributed by atoms with Crippen LogP contribution in [0.3, 0.4) is 0 Å². The van der Waals surface area contributed by atoms with E-state index in [0.29, 0.717) is 17.9 Å². The Hall–Kier alpha value is -1.62. The van der Waals surface area contributed by atoms with E-state index in [4.69, 9.17) is 4.74 Å². The fraction of sp³-hybridized carbons (Fsp3) is 0.682. The Morgan fingerprint density at radius 2 is 2.00 bits per heavy atom. The second-order valence-electron chi connectivity index (χ2n) is 8.70. The Morgan fingerprint density at radius 3 is 2.78 bits per heavy atom. The van der Waals surface area contributed by atoms with Gasteiger partial charge in [-0.25, -0.2) is 4.39 Å². The highest BCUT2D eigenvalue weighted by Gasteiger charge is 2.48. The van der Waals surface area contributed by atoms with Gasteiger partial charge in [-0.15, -0.1) is 0 Å².